The number of ether oxygens (including phenoxy) is 3. The fourth-order valence-corrected chi connectivity index (χ4v) is 4.57. The van der Waals surface area contributed by atoms with Gasteiger partial charge in [-0.3, -0.25) is 0 Å². The standard InChI is InChI=1S/C16H29NO4/c1-9-3-4-12-13(17)6-5-11-10(2)15(19-8-7-18)21-16(20-9)14(11)12/h9-16,18H,3-8,17H2,1-2H3/t9-,10+,11-,12?,13+,14?,15+,16-/m0/s1. The summed E-state index contributed by atoms with van der Waals surface area (Å²) in [4.78, 5) is 0. The van der Waals surface area contributed by atoms with E-state index in [1.54, 1.807) is 0 Å². The molecule has 3 N–H and O–H groups in total. The fourth-order valence-electron chi connectivity index (χ4n) is 4.57. The van der Waals surface area contributed by atoms with Gasteiger partial charge in [-0.1, -0.05) is 6.92 Å². The molecule has 3 fully saturated rings. The monoisotopic (exact) mass is 299 g/mol. The Morgan fingerprint density at radius 2 is 1.86 bits per heavy atom. The summed E-state index contributed by atoms with van der Waals surface area (Å²) in [6, 6.07) is 0.272. The molecular weight excluding hydrogens is 270 g/mol. The first kappa shape index (κ1) is 15.7. The third kappa shape index (κ3) is 2.99. The van der Waals surface area contributed by atoms with E-state index in [2.05, 4.69) is 13.8 Å². The first-order valence-corrected chi connectivity index (χ1v) is 8.40. The van der Waals surface area contributed by atoms with Crippen LogP contribution in [0.4, 0.5) is 0 Å². The second kappa shape index (κ2) is 6.50. The van der Waals surface area contributed by atoms with Crippen molar-refractivity contribution in [1.29, 1.82) is 0 Å². The average molecular weight is 299 g/mol. The van der Waals surface area contributed by atoms with E-state index in [4.69, 9.17) is 25.1 Å². The van der Waals surface area contributed by atoms with Crippen LogP contribution in [0.15, 0.2) is 0 Å². The summed E-state index contributed by atoms with van der Waals surface area (Å²) < 4.78 is 18.0. The quantitative estimate of drug-likeness (QED) is 0.826. The number of aliphatic hydroxyl groups excluding tert-OH is 1. The molecule has 2 saturated heterocycles. The minimum Gasteiger partial charge on any atom is -0.394 e. The Bertz CT molecular complexity index is 353. The van der Waals surface area contributed by atoms with Gasteiger partial charge in [0.05, 0.1) is 19.3 Å². The van der Waals surface area contributed by atoms with E-state index in [1.165, 1.54) is 0 Å². The van der Waals surface area contributed by atoms with Gasteiger partial charge in [0, 0.05) is 17.9 Å². The lowest BCUT2D eigenvalue weighted by molar-refractivity contribution is -0.333. The fraction of sp³-hybridized carbons (Fsp3) is 1.00. The molecule has 0 spiro atoms. The average Bonchev–Trinajstić information content (AvgIpc) is 2.63. The van der Waals surface area contributed by atoms with Gasteiger partial charge in [-0.15, -0.1) is 0 Å². The van der Waals surface area contributed by atoms with Crippen LogP contribution >= 0.6 is 0 Å². The van der Waals surface area contributed by atoms with Crippen molar-refractivity contribution in [2.75, 3.05) is 13.2 Å². The Morgan fingerprint density at radius 3 is 2.62 bits per heavy atom. The summed E-state index contributed by atoms with van der Waals surface area (Å²) in [6.07, 6.45) is 4.13. The van der Waals surface area contributed by atoms with Crippen LogP contribution in [0.3, 0.4) is 0 Å². The van der Waals surface area contributed by atoms with Crippen molar-refractivity contribution in [3.05, 3.63) is 0 Å². The molecule has 0 amide bonds. The normalized spacial score (nSPS) is 50.3. The van der Waals surface area contributed by atoms with E-state index in [1.807, 2.05) is 0 Å². The Labute approximate surface area is 127 Å². The first-order chi connectivity index (χ1) is 10.1. The van der Waals surface area contributed by atoms with Crippen LogP contribution in [0.2, 0.25) is 0 Å². The van der Waals surface area contributed by atoms with Gasteiger partial charge in [0.1, 0.15) is 0 Å². The molecule has 21 heavy (non-hydrogen) atoms. The Kier molecular flexibility index (Phi) is 4.86. The third-order valence-electron chi connectivity index (χ3n) is 5.71. The molecule has 3 aliphatic rings. The van der Waals surface area contributed by atoms with E-state index in [-0.39, 0.29) is 31.3 Å². The van der Waals surface area contributed by atoms with Gasteiger partial charge in [0.2, 0.25) is 0 Å². The molecule has 1 aliphatic carbocycles. The highest BCUT2D eigenvalue weighted by molar-refractivity contribution is 4.97. The largest absolute Gasteiger partial charge is 0.394 e. The van der Waals surface area contributed by atoms with Crippen molar-refractivity contribution in [2.24, 2.45) is 29.4 Å². The number of nitrogens with two attached hydrogens (primary N) is 1. The molecule has 2 unspecified atom stereocenters. The molecule has 122 valence electrons. The maximum Gasteiger partial charge on any atom is 0.164 e. The van der Waals surface area contributed by atoms with Gasteiger partial charge in [0.15, 0.2) is 12.6 Å². The zero-order valence-electron chi connectivity index (χ0n) is 13.1. The van der Waals surface area contributed by atoms with Crippen LogP contribution < -0.4 is 5.73 Å². The van der Waals surface area contributed by atoms with Crippen molar-refractivity contribution in [2.45, 2.75) is 64.3 Å². The predicted octanol–water partition coefficient (Wildman–Crippen LogP) is 1.48. The SMILES string of the molecule is C[C@H]1[C@H](OCCO)O[C@@H]2O[C@@H](C)CCC3C2[C@H]1CC[C@H]3N. The van der Waals surface area contributed by atoms with Gasteiger partial charge in [-0.2, -0.15) is 0 Å². The van der Waals surface area contributed by atoms with Crippen molar-refractivity contribution >= 4 is 0 Å². The molecule has 5 nitrogen and oxygen atoms in total. The topological polar surface area (TPSA) is 73.9 Å². The molecule has 5 heteroatoms. The summed E-state index contributed by atoms with van der Waals surface area (Å²) >= 11 is 0. The smallest absolute Gasteiger partial charge is 0.164 e. The van der Waals surface area contributed by atoms with E-state index < -0.39 is 0 Å². The third-order valence-corrected chi connectivity index (χ3v) is 5.71. The van der Waals surface area contributed by atoms with Crippen molar-refractivity contribution in [3.8, 4) is 0 Å². The number of rotatable bonds is 3. The lowest BCUT2D eigenvalue weighted by Gasteiger charge is -2.51. The summed E-state index contributed by atoms with van der Waals surface area (Å²) in [6.45, 7) is 4.65. The molecule has 3 rings (SSSR count). The first-order valence-electron chi connectivity index (χ1n) is 8.40. The zero-order valence-corrected chi connectivity index (χ0v) is 13.1. The van der Waals surface area contributed by atoms with Crippen LogP contribution in [0.5, 0.6) is 0 Å². The summed E-state index contributed by atoms with van der Waals surface area (Å²) in [5.74, 6) is 1.76. The Morgan fingerprint density at radius 1 is 1.10 bits per heavy atom. The van der Waals surface area contributed by atoms with Crippen molar-refractivity contribution in [3.63, 3.8) is 0 Å². The molecule has 2 aliphatic heterocycles. The lowest BCUT2D eigenvalue weighted by atomic mass is 9.63. The van der Waals surface area contributed by atoms with Gasteiger partial charge in [-0.05, 0) is 44.4 Å². The van der Waals surface area contributed by atoms with Gasteiger partial charge in [0.25, 0.3) is 0 Å². The maximum absolute atomic E-state index is 8.99. The van der Waals surface area contributed by atoms with Gasteiger partial charge < -0.3 is 25.1 Å². The number of hydrogen-bond acceptors (Lipinski definition) is 5. The summed E-state index contributed by atoms with van der Waals surface area (Å²) in [5, 5.41) is 8.99. The van der Waals surface area contributed by atoms with Crippen LogP contribution in [-0.4, -0.2) is 43.0 Å². The maximum atomic E-state index is 8.99. The van der Waals surface area contributed by atoms with Gasteiger partial charge in [-0.25, -0.2) is 0 Å². The Balaban J connectivity index is 1.81. The van der Waals surface area contributed by atoms with E-state index in [9.17, 15) is 0 Å². The molecule has 2 heterocycles. The van der Waals surface area contributed by atoms with E-state index >= 15 is 0 Å². The Hall–Kier alpha value is -0.200. The molecule has 1 saturated carbocycles. The minimum atomic E-state index is -0.274. The predicted molar refractivity (Wildman–Crippen MR) is 78.3 cm³/mol. The highest BCUT2D eigenvalue weighted by Crippen LogP contribution is 2.50. The summed E-state index contributed by atoms with van der Waals surface area (Å²) in [7, 11) is 0. The molecular formula is C16H29NO4. The molecule has 8 atom stereocenters. The van der Waals surface area contributed by atoms with Crippen LogP contribution in [0, 0.1) is 23.7 Å². The van der Waals surface area contributed by atoms with Crippen LogP contribution in [-0.2, 0) is 14.2 Å². The van der Waals surface area contributed by atoms with Crippen LogP contribution in [0.25, 0.3) is 0 Å². The van der Waals surface area contributed by atoms with Crippen LogP contribution in [0.1, 0.15) is 39.5 Å². The zero-order chi connectivity index (χ0) is 15.0. The molecule has 0 radical (unpaired) electrons. The molecule has 0 aromatic heterocycles. The van der Waals surface area contributed by atoms with Gasteiger partial charge >= 0.3 is 0 Å². The molecule has 0 aromatic rings. The second-order valence-electron chi connectivity index (χ2n) is 7.00. The number of hydrogen-bond donors (Lipinski definition) is 2. The second-order valence-corrected chi connectivity index (χ2v) is 7.00. The minimum absolute atomic E-state index is 0.0239. The highest BCUT2D eigenvalue weighted by Gasteiger charge is 2.52. The summed E-state index contributed by atoms with van der Waals surface area (Å²) in [5.41, 5.74) is 6.39. The van der Waals surface area contributed by atoms with E-state index in [0.717, 1.165) is 25.7 Å². The number of aliphatic hydroxyl groups is 1. The van der Waals surface area contributed by atoms with Crippen molar-refractivity contribution in [1.82, 2.24) is 0 Å². The molecule has 0 aromatic carbocycles. The highest BCUT2D eigenvalue weighted by atomic mass is 16.8. The van der Waals surface area contributed by atoms with Crippen molar-refractivity contribution < 1.29 is 19.3 Å². The van der Waals surface area contributed by atoms with E-state index in [0.29, 0.717) is 30.3 Å². The molecule has 0 bridgehead atoms. The lowest BCUT2D eigenvalue weighted by Crippen LogP contribution is -2.56.